The van der Waals surface area contributed by atoms with Crippen molar-refractivity contribution in [2.45, 2.75) is 19.4 Å². The van der Waals surface area contributed by atoms with Gasteiger partial charge in [-0.1, -0.05) is 24.3 Å². The van der Waals surface area contributed by atoms with Gasteiger partial charge in [-0.2, -0.15) is 0 Å². The summed E-state index contributed by atoms with van der Waals surface area (Å²) >= 11 is 0. The van der Waals surface area contributed by atoms with Gasteiger partial charge in [0.2, 0.25) is 5.91 Å². The molecule has 1 aliphatic rings. The van der Waals surface area contributed by atoms with E-state index in [0.29, 0.717) is 6.54 Å². The van der Waals surface area contributed by atoms with Crippen molar-refractivity contribution in [1.82, 2.24) is 5.32 Å². The van der Waals surface area contributed by atoms with Gasteiger partial charge in [-0.25, -0.2) is 4.79 Å². The Morgan fingerprint density at radius 3 is 2.50 bits per heavy atom. The predicted molar refractivity (Wildman–Crippen MR) is 67.7 cm³/mol. The van der Waals surface area contributed by atoms with E-state index in [1.165, 1.54) is 6.08 Å². The van der Waals surface area contributed by atoms with Crippen LogP contribution in [0.1, 0.15) is 24.0 Å². The molecule has 2 rings (SSSR count). The van der Waals surface area contributed by atoms with Crippen LogP contribution in [0.5, 0.6) is 0 Å². The number of carbonyl (C=O) groups is 2. The molecule has 0 unspecified atom stereocenters. The van der Waals surface area contributed by atoms with E-state index in [1.54, 1.807) is 0 Å². The molecule has 4 nitrogen and oxygen atoms in total. The fourth-order valence-electron chi connectivity index (χ4n) is 1.59. The van der Waals surface area contributed by atoms with Crippen molar-refractivity contribution in [1.29, 1.82) is 0 Å². The molecule has 4 heteroatoms. The third-order valence-corrected chi connectivity index (χ3v) is 2.81. The van der Waals surface area contributed by atoms with E-state index in [4.69, 9.17) is 5.11 Å². The highest BCUT2D eigenvalue weighted by Crippen LogP contribution is 2.28. The van der Waals surface area contributed by atoms with Crippen LogP contribution in [-0.4, -0.2) is 17.0 Å². The third-order valence-electron chi connectivity index (χ3n) is 2.81. The van der Waals surface area contributed by atoms with Crippen molar-refractivity contribution in [2.24, 2.45) is 5.92 Å². The molecule has 0 saturated heterocycles. The second kappa shape index (κ2) is 5.49. The fourth-order valence-corrected chi connectivity index (χ4v) is 1.59. The lowest BCUT2D eigenvalue weighted by atomic mass is 10.1. The highest BCUT2D eigenvalue weighted by atomic mass is 16.4. The second-order valence-electron chi connectivity index (χ2n) is 4.41. The number of nitrogens with one attached hydrogen (secondary N) is 1. The van der Waals surface area contributed by atoms with Crippen LogP contribution < -0.4 is 5.32 Å². The number of hydrogen-bond acceptors (Lipinski definition) is 2. The normalized spacial score (nSPS) is 14.7. The first-order chi connectivity index (χ1) is 8.65. The van der Waals surface area contributed by atoms with E-state index in [1.807, 2.05) is 24.3 Å². The monoisotopic (exact) mass is 245 g/mol. The number of carbonyl (C=O) groups excluding carboxylic acids is 1. The van der Waals surface area contributed by atoms with Gasteiger partial charge >= 0.3 is 5.97 Å². The van der Waals surface area contributed by atoms with Gasteiger partial charge in [0.25, 0.3) is 0 Å². The van der Waals surface area contributed by atoms with Crippen LogP contribution in [0.15, 0.2) is 30.3 Å². The molecule has 1 saturated carbocycles. The maximum Gasteiger partial charge on any atom is 0.328 e. The Bertz CT molecular complexity index is 472. The standard InChI is InChI=1S/C14H15NO3/c16-13(17)8-5-10-1-3-11(4-2-10)9-15-14(18)12-6-7-12/h1-5,8,12H,6-7,9H2,(H,15,18)(H,16,17)/b8-5+. The molecule has 1 amide bonds. The Hall–Kier alpha value is -2.10. The number of carboxylic acids is 1. The summed E-state index contributed by atoms with van der Waals surface area (Å²) < 4.78 is 0. The Labute approximate surface area is 105 Å². The van der Waals surface area contributed by atoms with Crippen molar-refractivity contribution >= 4 is 18.0 Å². The molecule has 2 N–H and O–H groups in total. The van der Waals surface area contributed by atoms with E-state index in [9.17, 15) is 9.59 Å². The third kappa shape index (κ3) is 3.73. The lowest BCUT2D eigenvalue weighted by Gasteiger charge is -2.04. The number of hydrogen-bond donors (Lipinski definition) is 2. The maximum absolute atomic E-state index is 11.4. The van der Waals surface area contributed by atoms with E-state index in [2.05, 4.69) is 5.32 Å². The summed E-state index contributed by atoms with van der Waals surface area (Å²) in [4.78, 5) is 21.8. The smallest absolute Gasteiger partial charge is 0.328 e. The molecule has 1 aliphatic carbocycles. The molecule has 0 radical (unpaired) electrons. The molecule has 94 valence electrons. The lowest BCUT2D eigenvalue weighted by molar-refractivity contribution is -0.131. The first-order valence-corrected chi connectivity index (χ1v) is 5.93. The van der Waals surface area contributed by atoms with Gasteiger partial charge in [0.1, 0.15) is 0 Å². The van der Waals surface area contributed by atoms with Crippen LogP contribution in [0.25, 0.3) is 6.08 Å². The zero-order valence-electron chi connectivity index (χ0n) is 9.93. The highest BCUT2D eigenvalue weighted by Gasteiger charge is 2.29. The van der Waals surface area contributed by atoms with Crippen LogP contribution in [0.4, 0.5) is 0 Å². The molecule has 1 aromatic carbocycles. The lowest BCUT2D eigenvalue weighted by Crippen LogP contribution is -2.24. The van der Waals surface area contributed by atoms with Crippen molar-refractivity contribution in [3.63, 3.8) is 0 Å². The topological polar surface area (TPSA) is 66.4 Å². The zero-order chi connectivity index (χ0) is 13.0. The average molecular weight is 245 g/mol. The van der Waals surface area contributed by atoms with Gasteiger partial charge in [0.05, 0.1) is 0 Å². The summed E-state index contributed by atoms with van der Waals surface area (Å²) in [5, 5.41) is 11.4. The van der Waals surface area contributed by atoms with Gasteiger partial charge in [-0.15, -0.1) is 0 Å². The average Bonchev–Trinajstić information content (AvgIpc) is 3.19. The van der Waals surface area contributed by atoms with Crippen molar-refractivity contribution < 1.29 is 14.7 Å². The van der Waals surface area contributed by atoms with Crippen LogP contribution in [0.3, 0.4) is 0 Å². The molecular weight excluding hydrogens is 230 g/mol. The highest BCUT2D eigenvalue weighted by molar-refractivity contribution is 5.85. The summed E-state index contributed by atoms with van der Waals surface area (Å²) in [6, 6.07) is 7.43. The number of aliphatic carboxylic acids is 1. The molecule has 0 spiro atoms. The largest absolute Gasteiger partial charge is 0.478 e. The maximum atomic E-state index is 11.4. The summed E-state index contributed by atoms with van der Waals surface area (Å²) in [5.74, 6) is -0.608. The van der Waals surface area contributed by atoms with Gasteiger partial charge in [-0.3, -0.25) is 4.79 Å². The zero-order valence-corrected chi connectivity index (χ0v) is 9.93. The summed E-state index contributed by atoms with van der Waals surface area (Å²) in [6.45, 7) is 0.526. The molecule has 0 aliphatic heterocycles. The first kappa shape index (κ1) is 12.4. The number of benzene rings is 1. The van der Waals surface area contributed by atoms with Gasteiger partial charge in [-0.05, 0) is 30.0 Å². The molecule has 0 bridgehead atoms. The Morgan fingerprint density at radius 2 is 1.94 bits per heavy atom. The summed E-state index contributed by atoms with van der Waals surface area (Å²) in [5.41, 5.74) is 1.84. The summed E-state index contributed by atoms with van der Waals surface area (Å²) in [6.07, 6.45) is 4.65. The van der Waals surface area contributed by atoms with Crippen LogP contribution >= 0.6 is 0 Å². The predicted octanol–water partition coefficient (Wildman–Crippen LogP) is 1.81. The molecule has 0 aromatic heterocycles. The van der Waals surface area contributed by atoms with Crippen LogP contribution in [0, 0.1) is 5.92 Å². The van der Waals surface area contributed by atoms with Crippen LogP contribution in [-0.2, 0) is 16.1 Å². The Morgan fingerprint density at radius 1 is 1.28 bits per heavy atom. The van der Waals surface area contributed by atoms with Gasteiger partial charge in [0.15, 0.2) is 0 Å². The molecule has 1 aromatic rings. The van der Waals surface area contributed by atoms with E-state index < -0.39 is 5.97 Å². The van der Waals surface area contributed by atoms with Crippen molar-refractivity contribution in [2.75, 3.05) is 0 Å². The number of rotatable bonds is 5. The van der Waals surface area contributed by atoms with Crippen LogP contribution in [0.2, 0.25) is 0 Å². The molecule has 1 fully saturated rings. The first-order valence-electron chi connectivity index (χ1n) is 5.93. The van der Waals surface area contributed by atoms with E-state index in [0.717, 1.165) is 30.0 Å². The quantitative estimate of drug-likeness (QED) is 0.777. The summed E-state index contributed by atoms with van der Waals surface area (Å²) in [7, 11) is 0. The fraction of sp³-hybridized carbons (Fsp3) is 0.286. The minimum absolute atomic E-state index is 0.129. The SMILES string of the molecule is O=C(O)/C=C/c1ccc(CNC(=O)C2CC2)cc1. The minimum Gasteiger partial charge on any atom is -0.478 e. The van der Waals surface area contributed by atoms with Gasteiger partial charge < -0.3 is 10.4 Å². The number of amides is 1. The minimum atomic E-state index is -0.962. The molecule has 0 atom stereocenters. The Balaban J connectivity index is 1.86. The second-order valence-corrected chi connectivity index (χ2v) is 4.41. The molecule has 0 heterocycles. The molecule has 18 heavy (non-hydrogen) atoms. The Kier molecular flexibility index (Phi) is 3.77. The van der Waals surface area contributed by atoms with Crippen molar-refractivity contribution in [3.8, 4) is 0 Å². The number of carboxylic acid groups (broad SMARTS) is 1. The van der Waals surface area contributed by atoms with E-state index >= 15 is 0 Å². The van der Waals surface area contributed by atoms with Crippen molar-refractivity contribution in [3.05, 3.63) is 41.5 Å². The van der Waals surface area contributed by atoms with Gasteiger partial charge in [0, 0.05) is 18.5 Å². The van der Waals surface area contributed by atoms with E-state index in [-0.39, 0.29) is 11.8 Å². The molecular formula is C14H15NO3.